The number of hydrogen-bond donors (Lipinski definition) is 1. The highest BCUT2D eigenvalue weighted by molar-refractivity contribution is 9.10. The van der Waals surface area contributed by atoms with Gasteiger partial charge in [-0.3, -0.25) is 0 Å². The van der Waals surface area contributed by atoms with Crippen LogP contribution in [0.25, 0.3) is 11.3 Å². The third-order valence-electron chi connectivity index (χ3n) is 3.72. The van der Waals surface area contributed by atoms with Crippen LogP contribution in [0.3, 0.4) is 0 Å². The van der Waals surface area contributed by atoms with E-state index in [1.165, 1.54) is 0 Å². The first kappa shape index (κ1) is 12.1. The zero-order valence-electron chi connectivity index (χ0n) is 11.1. The standard InChI is InChI=1S/C14H14BrN3O2/c1-8-5-10-11(20-7-19-10)6-9(8)12-13(15)18-4-2-3-16-14(18)17-12/h5-6H,2-4,7H2,1H3,(H,16,17). The first-order chi connectivity index (χ1) is 9.74. The van der Waals surface area contributed by atoms with E-state index in [0.717, 1.165) is 58.4 Å². The van der Waals surface area contributed by atoms with Gasteiger partial charge in [0.25, 0.3) is 0 Å². The maximum absolute atomic E-state index is 5.47. The third kappa shape index (κ3) is 1.71. The van der Waals surface area contributed by atoms with E-state index in [0.29, 0.717) is 6.79 Å². The van der Waals surface area contributed by atoms with Crippen LogP contribution in [0.2, 0.25) is 0 Å². The molecule has 0 bridgehead atoms. The van der Waals surface area contributed by atoms with Crippen LogP contribution in [-0.2, 0) is 6.54 Å². The number of hydrogen-bond acceptors (Lipinski definition) is 4. The zero-order valence-corrected chi connectivity index (χ0v) is 12.7. The SMILES string of the molecule is Cc1cc2c(cc1-c1nc3n(c1Br)CCCN3)OCO2. The van der Waals surface area contributed by atoms with Crippen LogP contribution in [0.5, 0.6) is 11.5 Å². The third-order valence-corrected chi connectivity index (χ3v) is 4.53. The van der Waals surface area contributed by atoms with Gasteiger partial charge in [-0.05, 0) is 47.0 Å². The molecule has 2 aliphatic heterocycles. The number of anilines is 1. The lowest BCUT2D eigenvalue weighted by Gasteiger charge is -2.15. The molecule has 0 spiro atoms. The van der Waals surface area contributed by atoms with E-state index in [9.17, 15) is 0 Å². The number of rotatable bonds is 1. The minimum absolute atomic E-state index is 0.292. The molecule has 4 rings (SSSR count). The van der Waals surface area contributed by atoms with E-state index in [1.807, 2.05) is 12.1 Å². The van der Waals surface area contributed by atoms with Crippen molar-refractivity contribution in [2.75, 3.05) is 18.7 Å². The molecule has 3 heterocycles. The van der Waals surface area contributed by atoms with Gasteiger partial charge in [-0.25, -0.2) is 4.98 Å². The van der Waals surface area contributed by atoms with E-state index in [1.54, 1.807) is 0 Å². The number of aryl methyl sites for hydroxylation is 1. The molecule has 0 atom stereocenters. The van der Waals surface area contributed by atoms with Gasteiger partial charge >= 0.3 is 0 Å². The summed E-state index contributed by atoms with van der Waals surface area (Å²) in [4.78, 5) is 4.72. The quantitative estimate of drug-likeness (QED) is 0.869. The molecule has 0 aliphatic carbocycles. The van der Waals surface area contributed by atoms with E-state index < -0.39 is 0 Å². The predicted molar refractivity (Wildman–Crippen MR) is 79.3 cm³/mol. The molecular weight excluding hydrogens is 322 g/mol. The number of fused-ring (bicyclic) bond motifs is 2. The van der Waals surface area contributed by atoms with Crippen molar-refractivity contribution in [1.82, 2.24) is 9.55 Å². The molecule has 0 amide bonds. The number of nitrogens with one attached hydrogen (secondary N) is 1. The van der Waals surface area contributed by atoms with E-state index in [2.05, 4.69) is 32.7 Å². The summed E-state index contributed by atoms with van der Waals surface area (Å²) in [5, 5.41) is 3.33. The van der Waals surface area contributed by atoms with Crippen molar-refractivity contribution in [3.05, 3.63) is 22.3 Å². The van der Waals surface area contributed by atoms with Gasteiger partial charge in [-0.15, -0.1) is 0 Å². The van der Waals surface area contributed by atoms with E-state index in [4.69, 9.17) is 14.5 Å². The van der Waals surface area contributed by atoms with Gasteiger partial charge in [-0.2, -0.15) is 0 Å². The minimum Gasteiger partial charge on any atom is -0.454 e. The van der Waals surface area contributed by atoms with E-state index >= 15 is 0 Å². The first-order valence-electron chi connectivity index (χ1n) is 6.64. The van der Waals surface area contributed by atoms with Gasteiger partial charge in [0.05, 0.1) is 0 Å². The topological polar surface area (TPSA) is 48.3 Å². The minimum atomic E-state index is 0.292. The van der Waals surface area contributed by atoms with Crippen molar-refractivity contribution in [2.45, 2.75) is 19.9 Å². The van der Waals surface area contributed by atoms with Crippen molar-refractivity contribution >= 4 is 21.9 Å². The van der Waals surface area contributed by atoms with Gasteiger partial charge in [0.15, 0.2) is 11.5 Å². The summed E-state index contributed by atoms with van der Waals surface area (Å²) in [5.74, 6) is 2.52. The Labute approximate surface area is 125 Å². The highest BCUT2D eigenvalue weighted by atomic mass is 79.9. The first-order valence-corrected chi connectivity index (χ1v) is 7.44. The van der Waals surface area contributed by atoms with Crippen molar-refractivity contribution in [3.63, 3.8) is 0 Å². The van der Waals surface area contributed by atoms with Crippen molar-refractivity contribution in [3.8, 4) is 22.8 Å². The summed E-state index contributed by atoms with van der Waals surface area (Å²) in [6, 6.07) is 4.02. The molecule has 0 saturated carbocycles. The van der Waals surface area contributed by atoms with Crippen molar-refractivity contribution in [2.24, 2.45) is 0 Å². The maximum atomic E-state index is 5.47. The van der Waals surface area contributed by atoms with Crippen molar-refractivity contribution in [1.29, 1.82) is 0 Å². The van der Waals surface area contributed by atoms with E-state index in [-0.39, 0.29) is 0 Å². The summed E-state index contributed by atoms with van der Waals surface area (Å²) in [6.45, 7) is 4.32. The molecule has 1 N–H and O–H groups in total. The molecule has 2 aliphatic rings. The Morgan fingerprint density at radius 1 is 1.30 bits per heavy atom. The predicted octanol–water partition coefficient (Wildman–Crippen LogP) is 3.17. The van der Waals surface area contributed by atoms with Gasteiger partial charge in [-0.1, -0.05) is 0 Å². The number of ether oxygens (including phenoxy) is 2. The second-order valence-electron chi connectivity index (χ2n) is 5.03. The molecule has 6 heteroatoms. The molecule has 1 aromatic heterocycles. The average molecular weight is 336 g/mol. The lowest BCUT2D eigenvalue weighted by atomic mass is 10.1. The number of halogens is 1. The second-order valence-corrected chi connectivity index (χ2v) is 5.78. The molecule has 5 nitrogen and oxygen atoms in total. The fourth-order valence-corrected chi connectivity index (χ4v) is 3.33. The molecule has 2 aromatic rings. The fourth-order valence-electron chi connectivity index (χ4n) is 2.68. The fraction of sp³-hybridized carbons (Fsp3) is 0.357. The molecule has 104 valence electrons. The summed E-state index contributed by atoms with van der Waals surface area (Å²) >= 11 is 3.68. The summed E-state index contributed by atoms with van der Waals surface area (Å²) in [7, 11) is 0. The monoisotopic (exact) mass is 335 g/mol. The Bertz CT molecular complexity index is 696. The summed E-state index contributed by atoms with van der Waals surface area (Å²) in [5.41, 5.74) is 3.15. The van der Waals surface area contributed by atoms with Crippen LogP contribution in [-0.4, -0.2) is 22.9 Å². The lowest BCUT2D eigenvalue weighted by molar-refractivity contribution is 0.174. The zero-order chi connectivity index (χ0) is 13.7. The van der Waals surface area contributed by atoms with Crippen LogP contribution in [0.4, 0.5) is 5.95 Å². The van der Waals surface area contributed by atoms with Gasteiger partial charge in [0.1, 0.15) is 10.3 Å². The smallest absolute Gasteiger partial charge is 0.231 e. The second kappa shape index (κ2) is 4.41. The average Bonchev–Trinajstić information content (AvgIpc) is 3.03. The molecule has 0 unspecified atom stereocenters. The lowest BCUT2D eigenvalue weighted by Crippen LogP contribution is -2.17. The molecular formula is C14H14BrN3O2. The summed E-state index contributed by atoms with van der Waals surface area (Å²) in [6.07, 6.45) is 1.11. The van der Waals surface area contributed by atoms with Crippen molar-refractivity contribution < 1.29 is 9.47 Å². The Morgan fingerprint density at radius 2 is 2.10 bits per heavy atom. The molecule has 0 radical (unpaired) electrons. The van der Waals surface area contributed by atoms with Crippen LogP contribution in [0.15, 0.2) is 16.7 Å². The Kier molecular flexibility index (Phi) is 2.66. The number of nitrogens with zero attached hydrogens (tertiary/aromatic N) is 2. The maximum Gasteiger partial charge on any atom is 0.231 e. The van der Waals surface area contributed by atoms with Gasteiger partial charge in [0.2, 0.25) is 12.7 Å². The van der Waals surface area contributed by atoms with Crippen LogP contribution in [0.1, 0.15) is 12.0 Å². The van der Waals surface area contributed by atoms with Crippen LogP contribution >= 0.6 is 15.9 Å². The molecule has 0 saturated heterocycles. The van der Waals surface area contributed by atoms with Gasteiger partial charge < -0.3 is 19.4 Å². The highest BCUT2D eigenvalue weighted by Crippen LogP contribution is 2.41. The Morgan fingerprint density at radius 3 is 2.90 bits per heavy atom. The number of benzene rings is 1. The Balaban J connectivity index is 1.87. The molecule has 20 heavy (non-hydrogen) atoms. The largest absolute Gasteiger partial charge is 0.454 e. The van der Waals surface area contributed by atoms with Gasteiger partial charge in [0, 0.05) is 18.7 Å². The summed E-state index contributed by atoms with van der Waals surface area (Å²) < 4.78 is 14.1. The highest BCUT2D eigenvalue weighted by Gasteiger charge is 2.23. The number of imidazole rings is 1. The number of aromatic nitrogens is 2. The Hall–Kier alpha value is -1.69. The molecule has 1 aromatic carbocycles. The molecule has 0 fully saturated rings. The van der Waals surface area contributed by atoms with Crippen LogP contribution < -0.4 is 14.8 Å². The van der Waals surface area contributed by atoms with Crippen LogP contribution in [0, 0.1) is 6.92 Å². The normalized spacial score (nSPS) is 15.9.